The van der Waals surface area contributed by atoms with Crippen LogP contribution in [0.25, 0.3) is 0 Å². The van der Waals surface area contributed by atoms with Crippen LogP contribution in [0.5, 0.6) is 0 Å². The predicted molar refractivity (Wildman–Crippen MR) is 88.9 cm³/mol. The summed E-state index contributed by atoms with van der Waals surface area (Å²) in [5.41, 5.74) is 0.407. The van der Waals surface area contributed by atoms with Gasteiger partial charge >= 0.3 is 0 Å². The molecule has 0 amide bonds. The third kappa shape index (κ3) is 5.19. The summed E-state index contributed by atoms with van der Waals surface area (Å²) < 4.78 is 17.7. The van der Waals surface area contributed by atoms with Gasteiger partial charge in [-0.1, -0.05) is 20.8 Å². The van der Waals surface area contributed by atoms with Crippen LogP contribution in [-0.4, -0.2) is 44.8 Å². The summed E-state index contributed by atoms with van der Waals surface area (Å²) in [6.07, 6.45) is 5.85. The quantitative estimate of drug-likeness (QED) is 0.732. The Balaban J connectivity index is 1.63. The second-order valence-corrected chi connectivity index (χ2v) is 7.84. The Morgan fingerprint density at radius 3 is 2.55 bits per heavy atom. The van der Waals surface area contributed by atoms with Gasteiger partial charge in [-0.2, -0.15) is 0 Å². The van der Waals surface area contributed by atoms with Crippen molar-refractivity contribution < 1.29 is 14.2 Å². The zero-order valence-electron chi connectivity index (χ0n) is 15.0. The van der Waals surface area contributed by atoms with Crippen LogP contribution in [0.15, 0.2) is 0 Å². The summed E-state index contributed by atoms with van der Waals surface area (Å²) in [5.74, 6) is 0.530. The molecule has 0 aromatic heterocycles. The fraction of sp³-hybridized carbons (Fsp3) is 1.00. The minimum absolute atomic E-state index is 0.255. The molecule has 1 spiro atoms. The van der Waals surface area contributed by atoms with Crippen LogP contribution in [0.1, 0.15) is 59.8 Å². The SMILES string of the molecule is CCOCCNCCC1COC2(CCC(C(C)(C)C)CC2)O1. The lowest BCUT2D eigenvalue weighted by atomic mass is 9.71. The second-order valence-electron chi connectivity index (χ2n) is 7.84. The van der Waals surface area contributed by atoms with E-state index in [1.807, 2.05) is 6.92 Å². The molecular weight excluding hydrogens is 278 g/mol. The fourth-order valence-corrected chi connectivity index (χ4v) is 3.62. The number of hydrogen-bond donors (Lipinski definition) is 1. The molecule has 1 saturated carbocycles. The Kier molecular flexibility index (Phi) is 6.69. The van der Waals surface area contributed by atoms with Crippen LogP contribution in [0.2, 0.25) is 0 Å². The van der Waals surface area contributed by atoms with E-state index in [-0.39, 0.29) is 11.9 Å². The first kappa shape index (κ1) is 18.2. The van der Waals surface area contributed by atoms with E-state index in [1.165, 1.54) is 12.8 Å². The van der Waals surface area contributed by atoms with E-state index in [9.17, 15) is 0 Å². The van der Waals surface area contributed by atoms with Crippen LogP contribution in [0, 0.1) is 11.3 Å². The molecule has 2 fully saturated rings. The van der Waals surface area contributed by atoms with Crippen LogP contribution in [0.4, 0.5) is 0 Å². The standard InChI is InChI=1S/C18H35NO3/c1-5-20-13-12-19-11-8-16-14-21-18(22-16)9-6-15(7-10-18)17(2,3)4/h15-16,19H,5-14H2,1-4H3. The van der Waals surface area contributed by atoms with Crippen LogP contribution >= 0.6 is 0 Å². The van der Waals surface area contributed by atoms with Crippen molar-refractivity contribution in [2.75, 3.05) is 32.9 Å². The van der Waals surface area contributed by atoms with E-state index in [0.717, 1.165) is 58.1 Å². The molecule has 2 rings (SSSR count). The lowest BCUT2D eigenvalue weighted by Crippen LogP contribution is -2.39. The molecule has 130 valence electrons. The molecule has 4 heteroatoms. The van der Waals surface area contributed by atoms with Crippen molar-refractivity contribution in [2.24, 2.45) is 11.3 Å². The van der Waals surface area contributed by atoms with Gasteiger partial charge in [0.25, 0.3) is 0 Å². The van der Waals surface area contributed by atoms with E-state index in [0.29, 0.717) is 5.41 Å². The minimum atomic E-state index is -0.266. The highest BCUT2D eigenvalue weighted by Gasteiger charge is 2.45. The van der Waals surface area contributed by atoms with Gasteiger partial charge in [0.2, 0.25) is 0 Å². The van der Waals surface area contributed by atoms with Crippen molar-refractivity contribution >= 4 is 0 Å². The molecule has 2 aliphatic rings. The van der Waals surface area contributed by atoms with Crippen LogP contribution < -0.4 is 5.32 Å². The fourth-order valence-electron chi connectivity index (χ4n) is 3.62. The smallest absolute Gasteiger partial charge is 0.168 e. The molecule has 0 aromatic carbocycles. The number of ether oxygens (including phenoxy) is 3. The van der Waals surface area contributed by atoms with Crippen molar-refractivity contribution in [3.8, 4) is 0 Å². The summed E-state index contributed by atoms with van der Waals surface area (Å²) in [5, 5.41) is 3.40. The molecule has 22 heavy (non-hydrogen) atoms. The first-order valence-corrected chi connectivity index (χ1v) is 9.05. The van der Waals surface area contributed by atoms with E-state index in [1.54, 1.807) is 0 Å². The molecule has 1 N–H and O–H groups in total. The molecule has 1 aliphatic carbocycles. The third-order valence-electron chi connectivity index (χ3n) is 5.16. The highest BCUT2D eigenvalue weighted by atomic mass is 16.7. The minimum Gasteiger partial charge on any atom is -0.380 e. The van der Waals surface area contributed by atoms with Crippen molar-refractivity contribution in [3.05, 3.63) is 0 Å². The highest BCUT2D eigenvalue weighted by molar-refractivity contribution is 4.88. The lowest BCUT2D eigenvalue weighted by Gasteiger charge is -2.41. The molecular formula is C18H35NO3. The predicted octanol–water partition coefficient (Wildman–Crippen LogP) is 3.35. The normalized spacial score (nSPS) is 32.7. The van der Waals surface area contributed by atoms with Gasteiger partial charge in [-0.3, -0.25) is 0 Å². The van der Waals surface area contributed by atoms with E-state index < -0.39 is 0 Å². The maximum Gasteiger partial charge on any atom is 0.168 e. The molecule has 0 bridgehead atoms. The Morgan fingerprint density at radius 2 is 1.91 bits per heavy atom. The van der Waals surface area contributed by atoms with Gasteiger partial charge in [-0.15, -0.1) is 0 Å². The Morgan fingerprint density at radius 1 is 1.18 bits per heavy atom. The van der Waals surface area contributed by atoms with Gasteiger partial charge in [0.05, 0.1) is 19.3 Å². The summed E-state index contributed by atoms with van der Waals surface area (Å²) in [6.45, 7) is 13.3. The van der Waals surface area contributed by atoms with Crippen LogP contribution in [-0.2, 0) is 14.2 Å². The molecule has 0 radical (unpaired) electrons. The lowest BCUT2D eigenvalue weighted by molar-refractivity contribution is -0.196. The number of nitrogens with one attached hydrogen (secondary N) is 1. The largest absolute Gasteiger partial charge is 0.380 e. The van der Waals surface area contributed by atoms with E-state index in [4.69, 9.17) is 14.2 Å². The maximum absolute atomic E-state index is 6.29. The molecule has 1 saturated heterocycles. The monoisotopic (exact) mass is 313 g/mol. The van der Waals surface area contributed by atoms with Gasteiger partial charge < -0.3 is 19.5 Å². The number of rotatable bonds is 7. The first-order valence-electron chi connectivity index (χ1n) is 9.05. The summed E-state index contributed by atoms with van der Waals surface area (Å²) in [6, 6.07) is 0. The summed E-state index contributed by atoms with van der Waals surface area (Å²) in [4.78, 5) is 0. The van der Waals surface area contributed by atoms with Crippen LogP contribution in [0.3, 0.4) is 0 Å². The Hall–Kier alpha value is -0.160. The number of hydrogen-bond acceptors (Lipinski definition) is 4. The molecule has 1 aliphatic heterocycles. The van der Waals surface area contributed by atoms with E-state index in [2.05, 4.69) is 26.1 Å². The van der Waals surface area contributed by atoms with Crippen molar-refractivity contribution in [3.63, 3.8) is 0 Å². The second kappa shape index (κ2) is 8.09. The molecule has 1 atom stereocenters. The van der Waals surface area contributed by atoms with Crippen molar-refractivity contribution in [1.82, 2.24) is 5.32 Å². The van der Waals surface area contributed by atoms with E-state index >= 15 is 0 Å². The topological polar surface area (TPSA) is 39.7 Å². The highest BCUT2D eigenvalue weighted by Crippen LogP contribution is 2.45. The first-order chi connectivity index (χ1) is 10.5. The molecule has 1 heterocycles. The Bertz CT molecular complexity index is 319. The zero-order chi connectivity index (χ0) is 16.1. The van der Waals surface area contributed by atoms with Gasteiger partial charge in [0, 0.05) is 26.0 Å². The average molecular weight is 313 g/mol. The zero-order valence-corrected chi connectivity index (χ0v) is 15.0. The summed E-state index contributed by atoms with van der Waals surface area (Å²) >= 11 is 0. The van der Waals surface area contributed by atoms with Gasteiger partial charge in [-0.25, -0.2) is 0 Å². The van der Waals surface area contributed by atoms with Gasteiger partial charge in [0.1, 0.15) is 0 Å². The third-order valence-corrected chi connectivity index (χ3v) is 5.16. The van der Waals surface area contributed by atoms with Gasteiger partial charge in [-0.05, 0) is 44.1 Å². The maximum atomic E-state index is 6.29. The summed E-state index contributed by atoms with van der Waals surface area (Å²) in [7, 11) is 0. The Labute approximate surface area is 136 Å². The molecule has 4 nitrogen and oxygen atoms in total. The van der Waals surface area contributed by atoms with Gasteiger partial charge in [0.15, 0.2) is 5.79 Å². The van der Waals surface area contributed by atoms with Crippen molar-refractivity contribution in [2.45, 2.75) is 71.7 Å². The molecule has 1 unspecified atom stereocenters. The van der Waals surface area contributed by atoms with Crippen molar-refractivity contribution in [1.29, 1.82) is 0 Å². The molecule has 0 aromatic rings. The average Bonchev–Trinajstić information content (AvgIpc) is 2.85.